The van der Waals surface area contributed by atoms with E-state index in [9.17, 15) is 49.8 Å². The van der Waals surface area contributed by atoms with Gasteiger partial charge < -0.3 is 49.6 Å². The third kappa shape index (κ3) is 15.8. The van der Waals surface area contributed by atoms with Crippen molar-refractivity contribution in [1.82, 2.24) is 19.6 Å². The van der Waals surface area contributed by atoms with Crippen LogP contribution in [0.25, 0.3) is 0 Å². The van der Waals surface area contributed by atoms with Crippen LogP contribution in [0.3, 0.4) is 0 Å². The minimum Gasteiger partial charge on any atom is -0.491 e. The molecule has 0 aliphatic carbocycles. The number of carbonyl (C=O) groups is 4. The number of rotatable bonds is 23. The molecule has 0 saturated carbocycles. The van der Waals surface area contributed by atoms with Gasteiger partial charge in [-0.25, -0.2) is 0 Å². The minimum absolute atomic E-state index is 0.00542. The van der Waals surface area contributed by atoms with E-state index in [2.05, 4.69) is 0 Å². The number of ether oxygens (including phenoxy) is 4. The molecule has 1 fully saturated rings. The zero-order chi connectivity index (χ0) is 39.2. The first-order chi connectivity index (χ1) is 25.5. The van der Waals surface area contributed by atoms with Crippen molar-refractivity contribution in [1.29, 1.82) is 0 Å². The first-order valence-corrected chi connectivity index (χ1v) is 17.9. The van der Waals surface area contributed by atoms with Gasteiger partial charge in [0.1, 0.15) is 36.5 Å². The summed E-state index contributed by atoms with van der Waals surface area (Å²) in [5, 5.41) is 60.1. The van der Waals surface area contributed by atoms with Crippen molar-refractivity contribution < 1.29 is 68.8 Å². The Labute approximate surface area is 310 Å². The molecule has 53 heavy (non-hydrogen) atoms. The molecule has 302 valence electrons. The van der Waals surface area contributed by atoms with Gasteiger partial charge >= 0.3 is 23.9 Å². The number of aliphatic hydroxyl groups is 3. The lowest BCUT2D eigenvalue weighted by Crippen LogP contribution is -2.57. The number of aliphatic carboxylic acids is 3. The van der Waals surface area contributed by atoms with Crippen LogP contribution in [0, 0.1) is 0 Å². The Morgan fingerprint density at radius 2 is 1.04 bits per heavy atom. The Hall–Kier alpha value is -3.46. The maximum Gasteiger partial charge on any atom is 0.325 e. The fraction of sp³-hybridized carbons (Fsp3) is 0.714. The summed E-state index contributed by atoms with van der Waals surface area (Å²) in [4.78, 5) is 55.7. The summed E-state index contributed by atoms with van der Waals surface area (Å²) in [7, 11) is 1.17. The van der Waals surface area contributed by atoms with Crippen LogP contribution in [0.2, 0.25) is 0 Å². The number of methoxy groups -OCH3 is 1. The first kappa shape index (κ1) is 45.7. The van der Waals surface area contributed by atoms with Crippen molar-refractivity contribution in [2.24, 2.45) is 0 Å². The zero-order valence-electron chi connectivity index (χ0n) is 30.8. The SMILES string of the molecule is CCOCCOCCOc1ccc(CCC[C@H](C(=O)O)N2CCN([C@@H](CO)C(=O)O)CCN([C@@H](CO)C(=O)O)CCN([C@@H](CO)C(=O)OC)CC2)cc1. The standard InChI is InChI=1S/C35H58N4O14/c1-3-51-19-20-52-21-22-53-27-9-7-26(8-10-27)5-4-6-28(32(43)44)36-11-13-37(29(23-40)33(45)46)14-15-38(30(24-41)34(47)48)16-18-39(17-12-36)31(25-42)35(49)50-2/h7-10,28-31,40-42H,3-6,11-25H2,1-2H3,(H,43,44)(H,45,46)(H,47,48)/t28-,29+,30+,31+/m1/s1. The Kier molecular flexibility index (Phi) is 22.0. The van der Waals surface area contributed by atoms with Crippen molar-refractivity contribution in [3.63, 3.8) is 0 Å². The van der Waals surface area contributed by atoms with Gasteiger partial charge in [-0.1, -0.05) is 12.1 Å². The molecule has 6 N–H and O–H groups in total. The van der Waals surface area contributed by atoms with E-state index in [0.717, 1.165) is 5.56 Å². The minimum atomic E-state index is -1.35. The predicted molar refractivity (Wildman–Crippen MR) is 190 cm³/mol. The lowest BCUT2D eigenvalue weighted by molar-refractivity contribution is -0.151. The molecule has 1 heterocycles. The van der Waals surface area contributed by atoms with Crippen LogP contribution >= 0.6 is 0 Å². The zero-order valence-corrected chi connectivity index (χ0v) is 30.8. The van der Waals surface area contributed by atoms with Crippen LogP contribution in [0.4, 0.5) is 0 Å². The highest BCUT2D eigenvalue weighted by molar-refractivity contribution is 5.76. The van der Waals surface area contributed by atoms with E-state index in [-0.39, 0.29) is 58.8 Å². The summed E-state index contributed by atoms with van der Waals surface area (Å²) in [6.45, 7) is 2.43. The molecule has 0 bridgehead atoms. The van der Waals surface area contributed by atoms with E-state index in [4.69, 9.17) is 18.9 Å². The van der Waals surface area contributed by atoms with E-state index in [0.29, 0.717) is 51.6 Å². The van der Waals surface area contributed by atoms with Crippen molar-refractivity contribution >= 4 is 23.9 Å². The number of carboxylic acids is 3. The molecule has 0 radical (unpaired) electrons. The van der Waals surface area contributed by atoms with E-state index in [1.807, 2.05) is 31.2 Å². The topological polar surface area (TPSA) is 240 Å². The predicted octanol–water partition coefficient (Wildman–Crippen LogP) is -1.46. The van der Waals surface area contributed by atoms with E-state index in [1.165, 1.54) is 16.9 Å². The lowest BCUT2D eigenvalue weighted by Gasteiger charge is -2.39. The van der Waals surface area contributed by atoms with Gasteiger partial charge in [0.25, 0.3) is 0 Å². The van der Waals surface area contributed by atoms with Crippen LogP contribution in [0.15, 0.2) is 24.3 Å². The van der Waals surface area contributed by atoms with Crippen LogP contribution < -0.4 is 4.74 Å². The lowest BCUT2D eigenvalue weighted by atomic mass is 10.0. The number of nitrogens with zero attached hydrogens (tertiary/aromatic N) is 4. The summed E-state index contributed by atoms with van der Waals surface area (Å²) in [5.41, 5.74) is 0.976. The van der Waals surface area contributed by atoms with Gasteiger partial charge in [0.05, 0.1) is 46.8 Å². The van der Waals surface area contributed by atoms with Gasteiger partial charge in [-0.15, -0.1) is 0 Å². The number of carbonyl (C=O) groups excluding carboxylic acids is 1. The number of carboxylic acid groups (broad SMARTS) is 3. The highest BCUT2D eigenvalue weighted by Gasteiger charge is 2.34. The summed E-state index contributed by atoms with van der Waals surface area (Å²) in [5.74, 6) is -3.76. The molecule has 2 rings (SSSR count). The van der Waals surface area contributed by atoms with Crippen molar-refractivity contribution in [3.8, 4) is 5.75 Å². The average molecular weight is 759 g/mol. The summed E-state index contributed by atoms with van der Waals surface area (Å²) in [6, 6.07) is 2.65. The number of esters is 1. The molecule has 18 heteroatoms. The normalized spacial score (nSPS) is 18.2. The molecule has 1 aromatic rings. The van der Waals surface area contributed by atoms with Crippen molar-refractivity contribution in [3.05, 3.63) is 29.8 Å². The van der Waals surface area contributed by atoms with E-state index < -0.39 is 67.9 Å². The number of hydrogen-bond donors (Lipinski definition) is 6. The molecule has 1 saturated heterocycles. The molecule has 0 unspecified atom stereocenters. The van der Waals surface area contributed by atoms with Gasteiger partial charge in [0.2, 0.25) is 0 Å². The van der Waals surface area contributed by atoms with Crippen LogP contribution in [-0.2, 0) is 39.8 Å². The van der Waals surface area contributed by atoms with Crippen LogP contribution in [-0.4, -0.2) is 211 Å². The highest BCUT2D eigenvalue weighted by Crippen LogP contribution is 2.18. The first-order valence-electron chi connectivity index (χ1n) is 17.9. The molecule has 0 spiro atoms. The number of aryl methyl sites for hydroxylation is 1. The second-order valence-corrected chi connectivity index (χ2v) is 12.5. The molecule has 18 nitrogen and oxygen atoms in total. The second-order valence-electron chi connectivity index (χ2n) is 12.5. The Bertz CT molecular complexity index is 1230. The number of benzene rings is 1. The second kappa shape index (κ2) is 25.5. The van der Waals surface area contributed by atoms with E-state index in [1.54, 1.807) is 9.80 Å². The molecule has 1 aromatic carbocycles. The van der Waals surface area contributed by atoms with Gasteiger partial charge in [-0.2, -0.15) is 0 Å². The maximum absolute atomic E-state index is 12.7. The van der Waals surface area contributed by atoms with Crippen molar-refractivity contribution in [2.45, 2.75) is 50.4 Å². The van der Waals surface area contributed by atoms with Crippen LogP contribution in [0.1, 0.15) is 25.3 Å². The van der Waals surface area contributed by atoms with Crippen molar-refractivity contribution in [2.75, 3.05) is 112 Å². The van der Waals surface area contributed by atoms with Gasteiger partial charge in [-0.05, 0) is 43.9 Å². The highest BCUT2D eigenvalue weighted by atomic mass is 16.5. The quantitative estimate of drug-likeness (QED) is 0.0552. The van der Waals surface area contributed by atoms with Gasteiger partial charge in [0, 0.05) is 59.0 Å². The molecule has 1 aliphatic rings. The van der Waals surface area contributed by atoms with E-state index >= 15 is 0 Å². The fourth-order valence-corrected chi connectivity index (χ4v) is 6.19. The molecular formula is C35H58N4O14. The maximum atomic E-state index is 12.7. The molecule has 0 amide bonds. The summed E-state index contributed by atoms with van der Waals surface area (Å²) in [6.07, 6.45) is 1.31. The average Bonchev–Trinajstić information content (AvgIpc) is 3.13. The monoisotopic (exact) mass is 758 g/mol. The molecule has 0 aromatic heterocycles. The third-order valence-corrected chi connectivity index (χ3v) is 9.25. The van der Waals surface area contributed by atoms with Gasteiger partial charge in [-0.3, -0.25) is 38.8 Å². The Morgan fingerprint density at radius 1 is 0.623 bits per heavy atom. The Morgan fingerprint density at radius 3 is 1.45 bits per heavy atom. The largest absolute Gasteiger partial charge is 0.491 e. The van der Waals surface area contributed by atoms with Gasteiger partial charge in [0.15, 0.2) is 0 Å². The fourth-order valence-electron chi connectivity index (χ4n) is 6.19. The molecular weight excluding hydrogens is 700 g/mol. The number of hydrogen-bond acceptors (Lipinski definition) is 15. The van der Waals surface area contributed by atoms with Crippen LogP contribution in [0.5, 0.6) is 5.75 Å². The third-order valence-electron chi connectivity index (χ3n) is 9.25. The summed E-state index contributed by atoms with van der Waals surface area (Å²) >= 11 is 0. The smallest absolute Gasteiger partial charge is 0.325 e. The molecule has 1 aliphatic heterocycles. The number of aliphatic hydroxyl groups excluding tert-OH is 3. The Balaban J connectivity index is 2.25. The molecule has 4 atom stereocenters. The summed E-state index contributed by atoms with van der Waals surface area (Å²) < 4.78 is 21.3.